The molecule has 0 bridgehead atoms. The van der Waals surface area contributed by atoms with E-state index in [2.05, 4.69) is 0 Å². The van der Waals surface area contributed by atoms with Gasteiger partial charge in [-0.2, -0.15) is 0 Å². The molecule has 2 N–H and O–H groups in total. The topological polar surface area (TPSA) is 69.4 Å². The molecule has 4 nitrogen and oxygen atoms in total. The van der Waals surface area contributed by atoms with Crippen LogP contribution in [0.4, 0.5) is 0 Å². The Morgan fingerprint density at radius 3 is 2.53 bits per heavy atom. The van der Waals surface area contributed by atoms with Gasteiger partial charge in [0.1, 0.15) is 5.75 Å². The fourth-order valence-electron chi connectivity index (χ4n) is 1.62. The van der Waals surface area contributed by atoms with Gasteiger partial charge in [0.25, 0.3) is 0 Å². The molecule has 1 saturated carbocycles. The summed E-state index contributed by atoms with van der Waals surface area (Å²) >= 11 is 0. The van der Waals surface area contributed by atoms with E-state index in [1.165, 1.54) is 13.2 Å². The summed E-state index contributed by atoms with van der Waals surface area (Å²) in [7, 11) is -2.15. The lowest BCUT2D eigenvalue weighted by Crippen LogP contribution is -2.14. The number of rotatable bonds is 3. The monoisotopic (exact) mass is 227 g/mol. The summed E-state index contributed by atoms with van der Waals surface area (Å²) in [4.78, 5) is 0.198. The highest BCUT2D eigenvalue weighted by molar-refractivity contribution is 7.89. The Labute approximate surface area is 89.1 Å². The van der Waals surface area contributed by atoms with Crippen LogP contribution in [0.3, 0.4) is 0 Å². The number of methoxy groups -OCH3 is 1. The lowest BCUT2D eigenvalue weighted by Gasteiger charge is -2.08. The molecule has 0 unspecified atom stereocenters. The highest BCUT2D eigenvalue weighted by Gasteiger charge is 2.29. The van der Waals surface area contributed by atoms with E-state index in [4.69, 9.17) is 9.88 Å². The molecule has 0 saturated heterocycles. The highest BCUT2D eigenvalue weighted by atomic mass is 32.2. The van der Waals surface area contributed by atoms with Crippen molar-refractivity contribution in [3.05, 3.63) is 23.8 Å². The summed E-state index contributed by atoms with van der Waals surface area (Å²) in [5, 5.41) is 5.16. The van der Waals surface area contributed by atoms with Crippen LogP contribution in [-0.2, 0) is 10.0 Å². The zero-order valence-corrected chi connectivity index (χ0v) is 9.25. The maximum absolute atomic E-state index is 11.4. The van der Waals surface area contributed by atoms with Gasteiger partial charge in [-0.15, -0.1) is 0 Å². The largest absolute Gasteiger partial charge is 0.497 e. The van der Waals surface area contributed by atoms with Gasteiger partial charge >= 0.3 is 0 Å². The third kappa shape index (κ3) is 2.13. The van der Waals surface area contributed by atoms with Gasteiger partial charge in [0.15, 0.2) is 0 Å². The quantitative estimate of drug-likeness (QED) is 0.844. The lowest BCUT2D eigenvalue weighted by molar-refractivity contribution is 0.413. The van der Waals surface area contributed by atoms with Gasteiger partial charge in [0, 0.05) is 6.07 Å². The van der Waals surface area contributed by atoms with E-state index in [0.717, 1.165) is 18.4 Å². The summed E-state index contributed by atoms with van der Waals surface area (Å²) in [5.41, 5.74) is 0.818. The molecule has 0 heterocycles. The van der Waals surface area contributed by atoms with E-state index in [1.807, 2.05) is 0 Å². The molecule has 82 valence electrons. The van der Waals surface area contributed by atoms with Crippen molar-refractivity contribution in [1.82, 2.24) is 0 Å². The van der Waals surface area contributed by atoms with Crippen molar-refractivity contribution in [2.75, 3.05) is 7.11 Å². The average molecular weight is 227 g/mol. The van der Waals surface area contributed by atoms with Crippen molar-refractivity contribution >= 4 is 10.0 Å². The van der Waals surface area contributed by atoms with Crippen molar-refractivity contribution in [2.45, 2.75) is 23.7 Å². The Kier molecular flexibility index (Phi) is 2.44. The van der Waals surface area contributed by atoms with Gasteiger partial charge in [0.05, 0.1) is 12.0 Å². The minimum absolute atomic E-state index is 0.198. The van der Waals surface area contributed by atoms with Crippen molar-refractivity contribution in [3.63, 3.8) is 0 Å². The molecular formula is C10H13NO3S. The molecular weight excluding hydrogens is 214 g/mol. The predicted octanol–water partition coefficient (Wildman–Crippen LogP) is 1.22. The number of sulfonamides is 1. The summed E-state index contributed by atoms with van der Waals surface area (Å²) in [5.74, 6) is 0.868. The second-order valence-corrected chi connectivity index (χ2v) is 5.25. The molecule has 1 aromatic carbocycles. The Morgan fingerprint density at radius 1 is 1.40 bits per heavy atom. The number of hydrogen-bond acceptors (Lipinski definition) is 3. The molecule has 2 rings (SSSR count). The summed E-state index contributed by atoms with van der Waals surface area (Å²) in [6.07, 6.45) is 2.07. The molecule has 1 aliphatic carbocycles. The number of nitrogens with two attached hydrogens (primary N) is 1. The maximum Gasteiger partial charge on any atom is 0.238 e. The number of benzene rings is 1. The second kappa shape index (κ2) is 3.50. The third-order valence-electron chi connectivity index (χ3n) is 2.54. The number of ether oxygens (including phenoxy) is 1. The Hall–Kier alpha value is -1.07. The molecule has 15 heavy (non-hydrogen) atoms. The molecule has 1 fully saturated rings. The van der Waals surface area contributed by atoms with Crippen molar-refractivity contribution in [2.24, 2.45) is 5.14 Å². The highest BCUT2D eigenvalue weighted by Crippen LogP contribution is 2.43. The van der Waals surface area contributed by atoms with Crippen LogP contribution in [0.1, 0.15) is 24.3 Å². The first-order valence-corrected chi connectivity index (χ1v) is 6.28. The Bertz CT molecular complexity index is 477. The maximum atomic E-state index is 11.4. The third-order valence-corrected chi connectivity index (χ3v) is 3.51. The standard InChI is InChI=1S/C10H13NO3S/c1-14-8-4-5-9(7-2-3-7)10(6-8)15(11,12)13/h4-7H,2-3H2,1H3,(H2,11,12,13). The minimum Gasteiger partial charge on any atom is -0.497 e. The average Bonchev–Trinajstić information content (AvgIpc) is 2.99. The smallest absolute Gasteiger partial charge is 0.238 e. The van der Waals surface area contributed by atoms with E-state index in [-0.39, 0.29) is 4.90 Å². The molecule has 0 aromatic heterocycles. The van der Waals surface area contributed by atoms with Gasteiger partial charge in [-0.3, -0.25) is 0 Å². The number of primary sulfonamides is 1. The van der Waals surface area contributed by atoms with Crippen LogP contribution in [0.2, 0.25) is 0 Å². The van der Waals surface area contributed by atoms with Crippen LogP contribution >= 0.6 is 0 Å². The van der Waals surface area contributed by atoms with E-state index in [1.54, 1.807) is 12.1 Å². The summed E-state index contributed by atoms with van der Waals surface area (Å²) in [6.45, 7) is 0. The van der Waals surface area contributed by atoms with Crippen molar-refractivity contribution < 1.29 is 13.2 Å². The van der Waals surface area contributed by atoms with Gasteiger partial charge < -0.3 is 4.74 Å². The van der Waals surface area contributed by atoms with Crippen LogP contribution in [0.25, 0.3) is 0 Å². The number of hydrogen-bond donors (Lipinski definition) is 1. The van der Waals surface area contributed by atoms with Crippen LogP contribution in [-0.4, -0.2) is 15.5 Å². The Balaban J connectivity index is 2.55. The fraction of sp³-hybridized carbons (Fsp3) is 0.400. The van der Waals surface area contributed by atoms with E-state index in [9.17, 15) is 8.42 Å². The fourth-order valence-corrected chi connectivity index (χ4v) is 2.46. The molecule has 0 spiro atoms. The van der Waals surface area contributed by atoms with Crippen LogP contribution in [0.15, 0.2) is 23.1 Å². The lowest BCUT2D eigenvalue weighted by atomic mass is 10.1. The second-order valence-electron chi connectivity index (χ2n) is 3.72. The first-order chi connectivity index (χ1) is 7.02. The van der Waals surface area contributed by atoms with Gasteiger partial charge in [-0.1, -0.05) is 6.07 Å². The van der Waals surface area contributed by atoms with Crippen molar-refractivity contribution in [3.8, 4) is 5.75 Å². The van der Waals surface area contributed by atoms with Gasteiger partial charge in [-0.05, 0) is 30.4 Å². The van der Waals surface area contributed by atoms with E-state index >= 15 is 0 Å². The van der Waals surface area contributed by atoms with E-state index in [0.29, 0.717) is 11.7 Å². The molecule has 0 aliphatic heterocycles. The molecule has 0 atom stereocenters. The molecule has 5 heteroatoms. The van der Waals surface area contributed by atoms with Crippen LogP contribution < -0.4 is 9.88 Å². The van der Waals surface area contributed by atoms with Gasteiger partial charge in [0.2, 0.25) is 10.0 Å². The zero-order valence-electron chi connectivity index (χ0n) is 8.43. The normalized spacial score (nSPS) is 16.4. The SMILES string of the molecule is COc1ccc(C2CC2)c(S(N)(=O)=O)c1. The minimum atomic E-state index is -3.65. The molecule has 1 aromatic rings. The van der Waals surface area contributed by atoms with Crippen molar-refractivity contribution in [1.29, 1.82) is 0 Å². The first-order valence-electron chi connectivity index (χ1n) is 4.73. The summed E-state index contributed by atoms with van der Waals surface area (Å²) < 4.78 is 27.7. The molecule has 0 radical (unpaired) electrons. The first kappa shape index (κ1) is 10.4. The van der Waals surface area contributed by atoms with E-state index < -0.39 is 10.0 Å². The molecule has 0 amide bonds. The van der Waals surface area contributed by atoms with Crippen LogP contribution in [0, 0.1) is 0 Å². The van der Waals surface area contributed by atoms with Crippen LogP contribution in [0.5, 0.6) is 5.75 Å². The molecule has 1 aliphatic rings. The zero-order chi connectivity index (χ0) is 11.1. The summed E-state index contributed by atoms with van der Waals surface area (Å²) in [6, 6.07) is 5.04. The van der Waals surface area contributed by atoms with Gasteiger partial charge in [-0.25, -0.2) is 13.6 Å². The predicted molar refractivity (Wildman–Crippen MR) is 56.3 cm³/mol. The Morgan fingerprint density at radius 2 is 2.07 bits per heavy atom.